The highest BCUT2D eigenvalue weighted by Crippen LogP contribution is 2.44. The number of carbonyl (C=O) groups is 3. The molecule has 0 saturated heterocycles. The first-order valence-corrected chi connectivity index (χ1v) is 11.0. The van der Waals surface area contributed by atoms with Crippen molar-refractivity contribution in [2.75, 3.05) is 18.5 Å². The van der Waals surface area contributed by atoms with Crippen molar-refractivity contribution >= 4 is 23.8 Å². The zero-order chi connectivity index (χ0) is 24.2. The zero-order valence-electron chi connectivity index (χ0n) is 18.9. The van der Waals surface area contributed by atoms with E-state index in [2.05, 4.69) is 27.9 Å². The van der Waals surface area contributed by atoms with Crippen LogP contribution in [-0.4, -0.2) is 46.0 Å². The molecule has 4 rings (SSSR count). The number of benzene rings is 2. The molecule has 0 fully saturated rings. The van der Waals surface area contributed by atoms with Crippen LogP contribution in [0.5, 0.6) is 0 Å². The van der Waals surface area contributed by atoms with Gasteiger partial charge in [0.25, 0.3) is 5.91 Å². The monoisotopic (exact) mass is 462 g/mol. The molecule has 1 heterocycles. The van der Waals surface area contributed by atoms with E-state index in [4.69, 9.17) is 9.84 Å². The van der Waals surface area contributed by atoms with Crippen molar-refractivity contribution in [3.63, 3.8) is 0 Å². The number of anilines is 1. The molecule has 1 aromatic heterocycles. The number of hydrogen-bond donors (Lipinski definition) is 3. The maximum Gasteiger partial charge on any atom is 0.412 e. The van der Waals surface area contributed by atoms with Crippen LogP contribution in [0.25, 0.3) is 11.1 Å². The summed E-state index contributed by atoms with van der Waals surface area (Å²) in [4.78, 5) is 35.7. The van der Waals surface area contributed by atoms with Crippen molar-refractivity contribution in [1.29, 1.82) is 0 Å². The van der Waals surface area contributed by atoms with Gasteiger partial charge in [-0.2, -0.15) is 5.10 Å². The van der Waals surface area contributed by atoms with E-state index >= 15 is 0 Å². The Morgan fingerprint density at radius 2 is 1.71 bits per heavy atom. The third-order valence-electron chi connectivity index (χ3n) is 5.97. The Morgan fingerprint density at radius 3 is 2.32 bits per heavy atom. The number of aliphatic carboxylic acids is 1. The van der Waals surface area contributed by atoms with Crippen molar-refractivity contribution in [1.82, 2.24) is 15.1 Å². The number of fused-ring (bicyclic) bond motifs is 3. The van der Waals surface area contributed by atoms with E-state index in [0.717, 1.165) is 22.3 Å². The number of amides is 2. The first kappa shape index (κ1) is 23.0. The molecule has 9 heteroatoms. The predicted octanol–water partition coefficient (Wildman–Crippen LogP) is 3.62. The first-order valence-electron chi connectivity index (χ1n) is 11.0. The summed E-state index contributed by atoms with van der Waals surface area (Å²) in [7, 11) is 1.58. The lowest BCUT2D eigenvalue weighted by molar-refractivity contribution is -0.141. The molecule has 0 aliphatic heterocycles. The quantitative estimate of drug-likeness (QED) is 0.470. The molecular weight excluding hydrogens is 436 g/mol. The molecule has 3 N–H and O–H groups in total. The average molecular weight is 463 g/mol. The van der Waals surface area contributed by atoms with Crippen LogP contribution in [-0.2, 0) is 16.6 Å². The SMILES string of the molecule is CC(CCNC(=O)c1cc(NC(=O)OCC2c3ccccc3-c3ccccc32)nn1C)C(=O)O. The van der Waals surface area contributed by atoms with Gasteiger partial charge in [-0.05, 0) is 28.7 Å². The topological polar surface area (TPSA) is 123 Å². The van der Waals surface area contributed by atoms with Gasteiger partial charge in [-0.15, -0.1) is 0 Å². The van der Waals surface area contributed by atoms with Crippen LogP contribution in [0.2, 0.25) is 0 Å². The van der Waals surface area contributed by atoms with Crippen LogP contribution in [0.3, 0.4) is 0 Å². The van der Waals surface area contributed by atoms with Crippen molar-refractivity contribution < 1.29 is 24.2 Å². The average Bonchev–Trinajstić information content (AvgIpc) is 3.34. The fourth-order valence-electron chi connectivity index (χ4n) is 4.10. The van der Waals surface area contributed by atoms with Crippen molar-refractivity contribution in [2.45, 2.75) is 19.3 Å². The summed E-state index contributed by atoms with van der Waals surface area (Å²) in [5.41, 5.74) is 4.75. The number of carboxylic acids is 1. The van der Waals surface area contributed by atoms with Crippen LogP contribution in [0.15, 0.2) is 54.6 Å². The number of nitrogens with one attached hydrogen (secondary N) is 2. The second-order valence-electron chi connectivity index (χ2n) is 8.27. The zero-order valence-corrected chi connectivity index (χ0v) is 18.9. The third kappa shape index (κ3) is 4.78. The summed E-state index contributed by atoms with van der Waals surface area (Å²) >= 11 is 0. The number of carboxylic acid groups (broad SMARTS) is 1. The molecule has 3 aromatic rings. The van der Waals surface area contributed by atoms with E-state index in [1.807, 2.05) is 36.4 Å². The van der Waals surface area contributed by atoms with Crippen LogP contribution in [0, 0.1) is 5.92 Å². The Balaban J connectivity index is 1.35. The van der Waals surface area contributed by atoms with Gasteiger partial charge in [0, 0.05) is 25.6 Å². The molecule has 0 spiro atoms. The van der Waals surface area contributed by atoms with Crippen LogP contribution in [0.4, 0.5) is 10.6 Å². The molecule has 1 unspecified atom stereocenters. The molecule has 34 heavy (non-hydrogen) atoms. The molecule has 2 amide bonds. The van der Waals surface area contributed by atoms with Crippen LogP contribution >= 0.6 is 0 Å². The Hall–Kier alpha value is -4.14. The van der Waals surface area contributed by atoms with Gasteiger partial charge in [-0.25, -0.2) is 4.79 Å². The van der Waals surface area contributed by atoms with Crippen molar-refractivity contribution in [3.05, 3.63) is 71.4 Å². The highest BCUT2D eigenvalue weighted by molar-refractivity contribution is 5.94. The number of aryl methyl sites for hydroxylation is 1. The predicted molar refractivity (Wildman–Crippen MR) is 126 cm³/mol. The Kier molecular flexibility index (Phi) is 6.62. The Labute approximate surface area is 196 Å². The molecular formula is C25H26N4O5. The van der Waals surface area contributed by atoms with Gasteiger partial charge in [0.05, 0.1) is 5.92 Å². The minimum absolute atomic E-state index is 0.0589. The lowest BCUT2D eigenvalue weighted by atomic mass is 9.98. The lowest BCUT2D eigenvalue weighted by Gasteiger charge is -2.14. The van der Waals surface area contributed by atoms with E-state index in [1.54, 1.807) is 14.0 Å². The van der Waals surface area contributed by atoms with E-state index in [1.165, 1.54) is 10.7 Å². The van der Waals surface area contributed by atoms with Gasteiger partial charge in [0.15, 0.2) is 5.82 Å². The summed E-state index contributed by atoms with van der Waals surface area (Å²) in [6.45, 7) is 1.96. The number of ether oxygens (including phenoxy) is 1. The molecule has 1 aliphatic carbocycles. The van der Waals surface area contributed by atoms with Gasteiger partial charge < -0.3 is 15.2 Å². The molecule has 0 saturated carbocycles. The van der Waals surface area contributed by atoms with Crippen LogP contribution < -0.4 is 10.6 Å². The second kappa shape index (κ2) is 9.78. The number of carbonyl (C=O) groups excluding carboxylic acids is 2. The highest BCUT2D eigenvalue weighted by atomic mass is 16.5. The molecule has 176 valence electrons. The highest BCUT2D eigenvalue weighted by Gasteiger charge is 2.29. The summed E-state index contributed by atoms with van der Waals surface area (Å²) in [6.07, 6.45) is -0.355. The molecule has 1 aliphatic rings. The fourth-order valence-corrected chi connectivity index (χ4v) is 4.10. The van der Waals surface area contributed by atoms with E-state index in [9.17, 15) is 14.4 Å². The van der Waals surface area contributed by atoms with E-state index in [-0.39, 0.29) is 30.6 Å². The summed E-state index contributed by atoms with van der Waals surface area (Å²) in [5, 5.41) is 18.3. The summed E-state index contributed by atoms with van der Waals surface area (Å²) in [6, 6.07) is 17.6. The minimum Gasteiger partial charge on any atom is -0.481 e. The van der Waals surface area contributed by atoms with Gasteiger partial charge in [0.1, 0.15) is 12.3 Å². The normalized spacial score (nSPS) is 13.0. The largest absolute Gasteiger partial charge is 0.481 e. The molecule has 9 nitrogen and oxygen atoms in total. The van der Waals surface area contributed by atoms with Gasteiger partial charge in [-0.3, -0.25) is 19.6 Å². The molecule has 1 atom stereocenters. The summed E-state index contributed by atoms with van der Waals surface area (Å²) < 4.78 is 6.85. The van der Waals surface area contributed by atoms with Gasteiger partial charge >= 0.3 is 12.1 Å². The molecule has 2 aromatic carbocycles. The van der Waals surface area contributed by atoms with E-state index in [0.29, 0.717) is 6.42 Å². The molecule has 0 radical (unpaired) electrons. The van der Waals surface area contributed by atoms with E-state index < -0.39 is 23.9 Å². The Morgan fingerprint density at radius 1 is 1.09 bits per heavy atom. The summed E-state index contributed by atoms with van der Waals surface area (Å²) in [5.74, 6) is -1.75. The smallest absolute Gasteiger partial charge is 0.412 e. The number of hydrogen-bond acceptors (Lipinski definition) is 5. The van der Waals surface area contributed by atoms with Gasteiger partial charge in [-0.1, -0.05) is 55.5 Å². The second-order valence-corrected chi connectivity index (χ2v) is 8.27. The minimum atomic E-state index is -0.913. The Bertz CT molecular complexity index is 1190. The first-order chi connectivity index (χ1) is 16.3. The third-order valence-corrected chi connectivity index (χ3v) is 5.97. The number of nitrogens with zero attached hydrogens (tertiary/aromatic N) is 2. The number of rotatable bonds is 8. The lowest BCUT2D eigenvalue weighted by Crippen LogP contribution is -2.28. The molecule has 0 bridgehead atoms. The number of aromatic nitrogens is 2. The fraction of sp³-hybridized carbons (Fsp3) is 0.280. The van der Waals surface area contributed by atoms with Crippen molar-refractivity contribution in [2.24, 2.45) is 13.0 Å². The standard InChI is InChI=1S/C25H26N4O5/c1-15(24(31)32)11-12-26-23(30)21-13-22(28-29(21)2)27-25(33)34-14-20-18-9-5-3-7-16(18)17-8-4-6-10-19(17)20/h3-10,13,15,20H,11-12,14H2,1-2H3,(H,26,30)(H,31,32)(H,27,28,33). The van der Waals surface area contributed by atoms with Crippen molar-refractivity contribution in [3.8, 4) is 11.1 Å². The maximum absolute atomic E-state index is 12.5. The van der Waals surface area contributed by atoms with Crippen LogP contribution in [0.1, 0.15) is 40.9 Å². The maximum atomic E-state index is 12.5. The van der Waals surface area contributed by atoms with Gasteiger partial charge in [0.2, 0.25) is 0 Å².